The summed E-state index contributed by atoms with van der Waals surface area (Å²) >= 11 is 1.83. The van der Waals surface area contributed by atoms with Gasteiger partial charge in [0.15, 0.2) is 0 Å². The summed E-state index contributed by atoms with van der Waals surface area (Å²) in [5.74, 6) is 0.571. The first kappa shape index (κ1) is 30.1. The number of para-hydroxylation sites is 4. The standard InChI is InChI=1S/C50H28N4OS/c1-2-15-30(16-3-1)53-39-22-10-6-18-32(39)36-27-37-33-19-7-11-23-40(33)54(42(37)28-41(36)53)50-51-47(46-34-20-8-12-24-43(34)55-49(46)52-50)38-26-29-14-4-5-17-31(29)45-35-21-9-13-25-44(35)56-48(38)45/h1-28H. The summed E-state index contributed by atoms with van der Waals surface area (Å²) in [6.45, 7) is 0. The van der Waals surface area contributed by atoms with E-state index in [2.05, 4.69) is 167 Å². The average Bonchev–Trinajstić information content (AvgIpc) is 4.00. The minimum Gasteiger partial charge on any atom is -0.437 e. The van der Waals surface area contributed by atoms with E-state index in [1.54, 1.807) is 0 Å². The maximum Gasteiger partial charge on any atom is 0.238 e. The van der Waals surface area contributed by atoms with Crippen molar-refractivity contribution >= 4 is 108 Å². The van der Waals surface area contributed by atoms with Crippen LogP contribution in [0.25, 0.3) is 120 Å². The van der Waals surface area contributed by atoms with Crippen LogP contribution in [0.15, 0.2) is 174 Å². The molecule has 5 heterocycles. The average molecular weight is 733 g/mol. The molecule has 0 atom stereocenters. The van der Waals surface area contributed by atoms with Crippen molar-refractivity contribution in [2.45, 2.75) is 0 Å². The molecule has 13 rings (SSSR count). The van der Waals surface area contributed by atoms with Crippen molar-refractivity contribution < 1.29 is 4.42 Å². The highest BCUT2D eigenvalue weighted by Gasteiger charge is 2.25. The van der Waals surface area contributed by atoms with Crippen LogP contribution in [0, 0.1) is 0 Å². The minimum atomic E-state index is 0.569. The van der Waals surface area contributed by atoms with Crippen LogP contribution in [0.5, 0.6) is 0 Å². The van der Waals surface area contributed by atoms with Crippen molar-refractivity contribution in [2.75, 3.05) is 0 Å². The smallest absolute Gasteiger partial charge is 0.238 e. The molecule has 0 aliphatic heterocycles. The van der Waals surface area contributed by atoms with Crippen molar-refractivity contribution in [2.24, 2.45) is 0 Å². The van der Waals surface area contributed by atoms with E-state index in [1.807, 2.05) is 23.5 Å². The number of hydrogen-bond donors (Lipinski definition) is 0. The third kappa shape index (κ3) is 4.03. The van der Waals surface area contributed by atoms with Gasteiger partial charge in [-0.3, -0.25) is 4.57 Å². The Morgan fingerprint density at radius 2 is 1.07 bits per heavy atom. The lowest BCUT2D eigenvalue weighted by Gasteiger charge is -2.12. The number of fused-ring (bicyclic) bond motifs is 14. The van der Waals surface area contributed by atoms with Crippen molar-refractivity contribution in [3.8, 4) is 22.9 Å². The van der Waals surface area contributed by atoms with Crippen molar-refractivity contribution in [1.29, 1.82) is 0 Å². The number of furan rings is 1. The van der Waals surface area contributed by atoms with E-state index in [1.165, 1.54) is 47.2 Å². The summed E-state index contributed by atoms with van der Waals surface area (Å²) in [5.41, 5.74) is 8.78. The molecule has 0 radical (unpaired) electrons. The van der Waals surface area contributed by atoms with E-state index in [4.69, 9.17) is 14.4 Å². The SMILES string of the molecule is c1ccc(-n2c3ccccc3c3cc4c5ccccc5n(-c5nc(-c6cc7ccccc7c7c6sc6ccccc67)c6c(n5)oc5ccccc56)c4cc32)cc1. The second-order valence-corrected chi connectivity index (χ2v) is 15.6. The molecule has 0 aliphatic rings. The fraction of sp³-hybridized carbons (Fsp3) is 0. The third-order valence-electron chi connectivity index (χ3n) is 11.5. The van der Waals surface area contributed by atoms with Gasteiger partial charge in [-0.25, -0.2) is 4.98 Å². The number of rotatable bonds is 3. The van der Waals surface area contributed by atoms with E-state index >= 15 is 0 Å². The molecule has 0 bridgehead atoms. The molecule has 5 nitrogen and oxygen atoms in total. The highest BCUT2D eigenvalue weighted by Crippen LogP contribution is 2.47. The quantitative estimate of drug-likeness (QED) is 0.182. The van der Waals surface area contributed by atoms with Gasteiger partial charge in [0.2, 0.25) is 11.7 Å². The molecule has 56 heavy (non-hydrogen) atoms. The van der Waals surface area contributed by atoms with Gasteiger partial charge in [-0.1, -0.05) is 115 Å². The van der Waals surface area contributed by atoms with Gasteiger partial charge in [0.05, 0.1) is 33.1 Å². The molecule has 0 N–H and O–H groups in total. The lowest BCUT2D eigenvalue weighted by Crippen LogP contribution is -2.03. The Hall–Kier alpha value is -7.28. The second kappa shape index (κ2) is 11.1. The predicted octanol–water partition coefficient (Wildman–Crippen LogP) is 13.8. The molecule has 8 aromatic carbocycles. The van der Waals surface area contributed by atoms with E-state index in [0.717, 1.165) is 60.6 Å². The molecular weight excluding hydrogens is 705 g/mol. The van der Waals surface area contributed by atoms with Gasteiger partial charge in [0, 0.05) is 58.4 Å². The van der Waals surface area contributed by atoms with Gasteiger partial charge in [0.1, 0.15) is 5.58 Å². The summed E-state index contributed by atoms with van der Waals surface area (Å²) in [6.07, 6.45) is 0. The number of aromatic nitrogens is 4. The molecule has 5 aromatic heterocycles. The zero-order valence-corrected chi connectivity index (χ0v) is 30.6. The normalized spacial score (nSPS) is 12.3. The fourth-order valence-electron chi connectivity index (χ4n) is 9.16. The summed E-state index contributed by atoms with van der Waals surface area (Å²) in [7, 11) is 0. The molecule has 0 saturated heterocycles. The molecule has 0 fully saturated rings. The lowest BCUT2D eigenvalue weighted by molar-refractivity contribution is 0.651. The molecule has 0 unspecified atom stereocenters. The summed E-state index contributed by atoms with van der Waals surface area (Å²) in [6, 6.07) is 60.6. The Bertz CT molecular complexity index is 3770. The van der Waals surface area contributed by atoms with Gasteiger partial charge in [-0.2, -0.15) is 4.98 Å². The van der Waals surface area contributed by atoms with Crippen LogP contribution >= 0.6 is 11.3 Å². The lowest BCUT2D eigenvalue weighted by atomic mass is 9.97. The fourth-order valence-corrected chi connectivity index (χ4v) is 10.4. The van der Waals surface area contributed by atoms with E-state index in [9.17, 15) is 0 Å². The first-order valence-electron chi connectivity index (χ1n) is 18.8. The number of hydrogen-bond acceptors (Lipinski definition) is 4. The molecule has 13 aromatic rings. The Labute approximate surface area is 322 Å². The summed E-state index contributed by atoms with van der Waals surface area (Å²) in [5, 5.41) is 11.6. The monoisotopic (exact) mass is 732 g/mol. The maximum absolute atomic E-state index is 6.66. The first-order valence-corrected chi connectivity index (χ1v) is 19.6. The second-order valence-electron chi connectivity index (χ2n) is 14.5. The Morgan fingerprint density at radius 1 is 0.446 bits per heavy atom. The van der Waals surface area contributed by atoms with Gasteiger partial charge < -0.3 is 8.98 Å². The Balaban J connectivity index is 1.19. The van der Waals surface area contributed by atoms with Crippen LogP contribution in [-0.4, -0.2) is 19.1 Å². The van der Waals surface area contributed by atoms with Gasteiger partial charge >= 0.3 is 0 Å². The van der Waals surface area contributed by atoms with Crippen LogP contribution in [-0.2, 0) is 0 Å². The van der Waals surface area contributed by atoms with Crippen LogP contribution in [0.2, 0.25) is 0 Å². The molecule has 260 valence electrons. The molecule has 0 saturated carbocycles. The minimum absolute atomic E-state index is 0.569. The van der Waals surface area contributed by atoms with Crippen LogP contribution < -0.4 is 0 Å². The Morgan fingerprint density at radius 3 is 1.88 bits per heavy atom. The highest BCUT2D eigenvalue weighted by molar-refractivity contribution is 7.26. The number of thiophene rings is 1. The van der Waals surface area contributed by atoms with Crippen molar-refractivity contribution in [1.82, 2.24) is 19.1 Å². The van der Waals surface area contributed by atoms with Gasteiger partial charge in [-0.15, -0.1) is 11.3 Å². The molecular formula is C50H28N4OS. The summed E-state index contributed by atoms with van der Waals surface area (Å²) < 4.78 is 13.7. The highest BCUT2D eigenvalue weighted by atomic mass is 32.1. The number of nitrogens with zero attached hydrogens (tertiary/aromatic N) is 4. The van der Waals surface area contributed by atoms with E-state index < -0.39 is 0 Å². The summed E-state index contributed by atoms with van der Waals surface area (Å²) in [4.78, 5) is 11.0. The zero-order chi connectivity index (χ0) is 36.5. The first-order chi connectivity index (χ1) is 27.8. The van der Waals surface area contributed by atoms with Gasteiger partial charge in [0.25, 0.3) is 0 Å². The van der Waals surface area contributed by atoms with Crippen LogP contribution in [0.4, 0.5) is 0 Å². The van der Waals surface area contributed by atoms with Crippen LogP contribution in [0.3, 0.4) is 0 Å². The third-order valence-corrected chi connectivity index (χ3v) is 12.7. The predicted molar refractivity (Wildman–Crippen MR) is 234 cm³/mol. The number of benzene rings is 8. The van der Waals surface area contributed by atoms with Gasteiger partial charge in [-0.05, 0) is 65.4 Å². The van der Waals surface area contributed by atoms with E-state index in [0.29, 0.717) is 11.7 Å². The molecule has 0 aliphatic carbocycles. The molecule has 0 amide bonds. The van der Waals surface area contributed by atoms with Crippen molar-refractivity contribution in [3.05, 3.63) is 170 Å². The van der Waals surface area contributed by atoms with Crippen LogP contribution in [0.1, 0.15) is 0 Å². The molecule has 6 heteroatoms. The Kier molecular flexibility index (Phi) is 5.98. The zero-order valence-electron chi connectivity index (χ0n) is 29.8. The van der Waals surface area contributed by atoms with Crippen molar-refractivity contribution in [3.63, 3.8) is 0 Å². The van der Waals surface area contributed by atoms with E-state index in [-0.39, 0.29) is 0 Å². The maximum atomic E-state index is 6.66. The molecule has 0 spiro atoms. The topological polar surface area (TPSA) is 48.8 Å². The largest absolute Gasteiger partial charge is 0.437 e.